The first kappa shape index (κ1) is 11.5. The van der Waals surface area contributed by atoms with E-state index in [1.807, 2.05) is 0 Å². The van der Waals surface area contributed by atoms with E-state index >= 15 is 0 Å². The smallest absolute Gasteiger partial charge is 0.339 e. The maximum absolute atomic E-state index is 11.0. The fourth-order valence-corrected chi connectivity index (χ4v) is 0.917. The monoisotopic (exact) mass is 195 g/mol. The lowest BCUT2D eigenvalue weighted by Crippen LogP contribution is -2.37. The van der Waals surface area contributed by atoms with E-state index in [4.69, 9.17) is 0 Å². The Morgan fingerprint density at radius 1 is 1.58 bits per heavy atom. The van der Waals surface area contributed by atoms with Crippen molar-refractivity contribution in [1.82, 2.24) is 0 Å². The minimum absolute atomic E-state index is 0.192. The fourth-order valence-electron chi connectivity index (χ4n) is 0.509. The number of esters is 1. The molecule has 0 fully saturated rings. The van der Waals surface area contributed by atoms with E-state index in [1.165, 1.54) is 13.8 Å². The third-order valence-electron chi connectivity index (χ3n) is 1.04. The number of hydrogen-bond donors (Lipinski definition) is 0. The van der Waals surface area contributed by atoms with Gasteiger partial charge in [-0.3, -0.25) is 4.18 Å². The molecule has 0 saturated carbocycles. The topological polar surface area (TPSA) is 75.7 Å². The summed E-state index contributed by atoms with van der Waals surface area (Å²) in [7, 11) is 0. The van der Waals surface area contributed by atoms with Gasteiger partial charge < -0.3 is 9.29 Å². The van der Waals surface area contributed by atoms with Crippen molar-refractivity contribution in [1.29, 1.82) is 0 Å². The Morgan fingerprint density at radius 2 is 2.08 bits per heavy atom. The van der Waals surface area contributed by atoms with E-state index in [2.05, 4.69) is 8.92 Å². The molecule has 0 N–H and O–H groups in total. The third kappa shape index (κ3) is 3.80. The van der Waals surface area contributed by atoms with Crippen LogP contribution in [0.15, 0.2) is 0 Å². The Kier molecular flexibility index (Phi) is 4.36. The van der Waals surface area contributed by atoms with E-state index in [-0.39, 0.29) is 6.61 Å². The molecule has 0 aromatic heterocycles. The van der Waals surface area contributed by atoms with Crippen molar-refractivity contribution < 1.29 is 22.5 Å². The van der Waals surface area contributed by atoms with Crippen molar-refractivity contribution in [3.05, 3.63) is 0 Å². The minimum atomic E-state index is -2.71. The van der Waals surface area contributed by atoms with E-state index in [0.29, 0.717) is 0 Å². The van der Waals surface area contributed by atoms with Gasteiger partial charge in [0, 0.05) is 0 Å². The summed E-state index contributed by atoms with van der Waals surface area (Å²) in [5.41, 5.74) is -1.44. The molecule has 0 spiro atoms. The summed E-state index contributed by atoms with van der Waals surface area (Å²) in [4.78, 5) is 11.0. The maximum atomic E-state index is 11.0. The van der Waals surface area contributed by atoms with Crippen molar-refractivity contribution in [2.24, 2.45) is 0 Å². The Morgan fingerprint density at radius 3 is 2.42 bits per heavy atom. The van der Waals surface area contributed by atoms with Gasteiger partial charge in [-0.25, -0.2) is 9.00 Å². The molecule has 0 rings (SSSR count). The summed E-state index contributed by atoms with van der Waals surface area (Å²) >= 11 is -2.71. The first-order valence-electron chi connectivity index (χ1n) is 3.36. The molecule has 0 radical (unpaired) electrons. The van der Waals surface area contributed by atoms with E-state index in [1.54, 1.807) is 6.92 Å². The number of ether oxygens (including phenoxy) is 1. The van der Waals surface area contributed by atoms with Gasteiger partial charge in [0.25, 0.3) is 0 Å². The van der Waals surface area contributed by atoms with Gasteiger partial charge in [-0.15, -0.1) is 0 Å². The predicted octanol–water partition coefficient (Wildman–Crippen LogP) is 0.139. The number of hydrogen-bond acceptors (Lipinski definition) is 5. The van der Waals surface area contributed by atoms with Gasteiger partial charge in [0.15, 0.2) is 5.60 Å². The van der Waals surface area contributed by atoms with E-state index < -0.39 is 22.9 Å². The van der Waals surface area contributed by atoms with Crippen molar-refractivity contribution in [2.45, 2.75) is 26.4 Å². The lowest BCUT2D eigenvalue weighted by Gasteiger charge is -2.22. The summed E-state index contributed by atoms with van der Waals surface area (Å²) < 4.78 is 29.1. The third-order valence-corrected chi connectivity index (χ3v) is 1.60. The zero-order valence-corrected chi connectivity index (χ0v) is 7.97. The second-order valence-corrected chi connectivity index (χ2v) is 3.09. The average molecular weight is 195 g/mol. The summed E-state index contributed by atoms with van der Waals surface area (Å²) in [6.45, 7) is 4.46. The van der Waals surface area contributed by atoms with Crippen molar-refractivity contribution >= 4 is 17.3 Å². The largest absolute Gasteiger partial charge is 0.750 e. The molecule has 1 atom stereocenters. The lowest BCUT2D eigenvalue weighted by atomic mass is 10.1. The number of carbonyl (C=O) groups excluding carboxylic acids is 1. The van der Waals surface area contributed by atoms with Gasteiger partial charge in [0.1, 0.15) is 0 Å². The second-order valence-electron chi connectivity index (χ2n) is 2.52. The van der Waals surface area contributed by atoms with Gasteiger partial charge in [-0.05, 0) is 20.8 Å². The van der Waals surface area contributed by atoms with Gasteiger partial charge in [-0.1, -0.05) is 0 Å². The van der Waals surface area contributed by atoms with Crippen LogP contribution < -0.4 is 0 Å². The average Bonchev–Trinajstić information content (AvgIpc) is 1.85. The molecule has 0 heterocycles. The lowest BCUT2D eigenvalue weighted by molar-refractivity contribution is -0.158. The molecule has 72 valence electrons. The highest BCUT2D eigenvalue weighted by Gasteiger charge is 2.30. The number of carbonyl (C=O) groups is 1. The van der Waals surface area contributed by atoms with Crippen molar-refractivity contribution in [3.8, 4) is 0 Å². The molecular weight excluding hydrogens is 184 g/mol. The molecule has 0 aliphatic rings. The maximum Gasteiger partial charge on any atom is 0.339 e. The Labute approximate surface area is 73.5 Å². The van der Waals surface area contributed by atoms with E-state index in [9.17, 15) is 13.6 Å². The van der Waals surface area contributed by atoms with Gasteiger partial charge in [0.05, 0.1) is 18.0 Å². The van der Waals surface area contributed by atoms with Gasteiger partial charge in [0.2, 0.25) is 0 Å². The molecule has 6 heteroatoms. The molecule has 12 heavy (non-hydrogen) atoms. The summed E-state index contributed by atoms with van der Waals surface area (Å²) in [6.07, 6.45) is 0. The van der Waals surface area contributed by atoms with Crippen LogP contribution >= 0.6 is 0 Å². The first-order valence-corrected chi connectivity index (χ1v) is 4.36. The Hall–Kier alpha value is -0.460. The van der Waals surface area contributed by atoms with Crippen molar-refractivity contribution in [2.75, 3.05) is 6.61 Å². The first-order chi connectivity index (χ1) is 5.40. The Balaban J connectivity index is 4.18. The highest BCUT2D eigenvalue weighted by Crippen LogP contribution is 2.12. The van der Waals surface area contributed by atoms with Crippen LogP contribution in [0.1, 0.15) is 20.8 Å². The molecule has 5 nitrogen and oxygen atoms in total. The van der Waals surface area contributed by atoms with Gasteiger partial charge in [-0.2, -0.15) is 0 Å². The zero-order valence-electron chi connectivity index (χ0n) is 7.16. The van der Waals surface area contributed by atoms with Crippen LogP contribution in [0.5, 0.6) is 0 Å². The standard InChI is InChI=1S/C6H12O5S/c1-4-10-5(7)6(2,3)11-12(8)9/h4H2,1-3H3,(H,8,9)/p-1. The van der Waals surface area contributed by atoms with E-state index in [0.717, 1.165) is 0 Å². The quantitative estimate of drug-likeness (QED) is 0.471. The predicted molar refractivity (Wildman–Crippen MR) is 40.7 cm³/mol. The normalized spacial score (nSPS) is 14.0. The van der Waals surface area contributed by atoms with Crippen LogP contribution in [0.3, 0.4) is 0 Å². The van der Waals surface area contributed by atoms with Crippen LogP contribution in [0.2, 0.25) is 0 Å². The zero-order chi connectivity index (χ0) is 9.78. The molecule has 0 amide bonds. The summed E-state index contributed by atoms with van der Waals surface area (Å²) in [5.74, 6) is -0.700. The molecule has 0 bridgehead atoms. The van der Waals surface area contributed by atoms with Crippen LogP contribution in [-0.4, -0.2) is 26.9 Å². The van der Waals surface area contributed by atoms with Gasteiger partial charge >= 0.3 is 5.97 Å². The number of rotatable bonds is 4. The molecular formula is C6H11O5S-. The highest BCUT2D eigenvalue weighted by molar-refractivity contribution is 7.74. The molecule has 0 aromatic carbocycles. The highest BCUT2D eigenvalue weighted by atomic mass is 32.2. The van der Waals surface area contributed by atoms with Crippen molar-refractivity contribution in [3.63, 3.8) is 0 Å². The molecule has 1 unspecified atom stereocenters. The Bertz CT molecular complexity index is 188. The molecule has 0 aromatic rings. The summed E-state index contributed by atoms with van der Waals surface area (Å²) in [5, 5.41) is 0. The second kappa shape index (κ2) is 4.54. The SMILES string of the molecule is CCOC(=O)C(C)(C)OS(=O)[O-]. The van der Waals surface area contributed by atoms with Crippen LogP contribution in [-0.2, 0) is 25.1 Å². The van der Waals surface area contributed by atoms with Crippen LogP contribution in [0.4, 0.5) is 0 Å². The van der Waals surface area contributed by atoms with Crippen LogP contribution in [0.25, 0.3) is 0 Å². The summed E-state index contributed by atoms with van der Waals surface area (Å²) in [6, 6.07) is 0. The minimum Gasteiger partial charge on any atom is -0.750 e. The fraction of sp³-hybridized carbons (Fsp3) is 0.833. The molecule has 0 saturated heterocycles. The molecule has 0 aliphatic carbocycles. The molecule has 0 aliphatic heterocycles. The van der Waals surface area contributed by atoms with Crippen LogP contribution in [0, 0.1) is 0 Å².